The Morgan fingerprint density at radius 2 is 1.77 bits per heavy atom. The third-order valence-corrected chi connectivity index (χ3v) is 4.02. The van der Waals surface area contributed by atoms with Crippen LogP contribution in [0, 0.1) is 0 Å². The van der Waals surface area contributed by atoms with Crippen molar-refractivity contribution in [3.8, 4) is 0 Å². The molecule has 0 aliphatic rings. The molecule has 1 aromatic heterocycles. The lowest BCUT2D eigenvalue weighted by Gasteiger charge is -2.11. The van der Waals surface area contributed by atoms with E-state index in [1.165, 1.54) is 18.2 Å². The highest BCUT2D eigenvalue weighted by atomic mass is 35.5. The summed E-state index contributed by atoms with van der Waals surface area (Å²) in [5.74, 6) is -1.29. The molecule has 0 bridgehead atoms. The average Bonchev–Trinajstić information content (AvgIpc) is 2.56. The zero-order chi connectivity index (χ0) is 19.1. The summed E-state index contributed by atoms with van der Waals surface area (Å²) in [5.41, 5.74) is -1.65. The van der Waals surface area contributed by atoms with Gasteiger partial charge in [0.2, 0.25) is 0 Å². The monoisotopic (exact) mass is 401 g/mol. The molecule has 0 aliphatic heterocycles. The Morgan fingerprint density at radius 3 is 2.46 bits per heavy atom. The van der Waals surface area contributed by atoms with Gasteiger partial charge in [0.05, 0.1) is 21.7 Å². The Kier molecular flexibility index (Phi) is 4.68. The van der Waals surface area contributed by atoms with Gasteiger partial charge in [0.25, 0.3) is 5.91 Å². The summed E-state index contributed by atoms with van der Waals surface area (Å²) in [6.45, 7) is 0. The fourth-order valence-electron chi connectivity index (χ4n) is 2.22. The van der Waals surface area contributed by atoms with Gasteiger partial charge >= 0.3 is 6.18 Å². The van der Waals surface area contributed by atoms with Crippen LogP contribution in [0.25, 0.3) is 11.0 Å². The van der Waals surface area contributed by atoms with Crippen LogP contribution in [0.4, 0.5) is 18.9 Å². The molecule has 0 atom stereocenters. The van der Waals surface area contributed by atoms with Crippen molar-refractivity contribution in [2.45, 2.75) is 6.18 Å². The summed E-state index contributed by atoms with van der Waals surface area (Å²) in [7, 11) is 0. The molecule has 1 amide bonds. The van der Waals surface area contributed by atoms with E-state index in [1.54, 1.807) is 0 Å². The summed E-state index contributed by atoms with van der Waals surface area (Å²) < 4.78 is 43.7. The van der Waals surface area contributed by atoms with Crippen LogP contribution in [0.3, 0.4) is 0 Å². The van der Waals surface area contributed by atoms with Crippen LogP contribution < -0.4 is 10.7 Å². The smallest absolute Gasteiger partial charge is 0.416 e. The van der Waals surface area contributed by atoms with Crippen LogP contribution in [0.5, 0.6) is 0 Å². The fraction of sp³-hybridized carbons (Fsp3) is 0.0588. The van der Waals surface area contributed by atoms with Crippen LogP contribution in [-0.2, 0) is 6.18 Å². The Labute approximate surface area is 154 Å². The van der Waals surface area contributed by atoms with E-state index >= 15 is 0 Å². The summed E-state index contributed by atoms with van der Waals surface area (Å²) in [6.07, 6.45) is -4.60. The number of carbonyl (C=O) groups is 1. The van der Waals surface area contributed by atoms with Crippen LogP contribution in [0.2, 0.25) is 10.0 Å². The summed E-state index contributed by atoms with van der Waals surface area (Å²) in [6, 6.07) is 7.68. The van der Waals surface area contributed by atoms with Gasteiger partial charge in [0.15, 0.2) is 11.2 Å². The van der Waals surface area contributed by atoms with E-state index in [-0.39, 0.29) is 27.4 Å². The molecule has 3 rings (SSSR count). The molecule has 3 aromatic rings. The second-order valence-electron chi connectivity index (χ2n) is 5.26. The van der Waals surface area contributed by atoms with E-state index < -0.39 is 23.1 Å². The normalized spacial score (nSPS) is 11.6. The SMILES string of the molecule is O=C(Nc1cc(C(F)(F)F)ccc1Cl)c1cc(=O)c2cc(Cl)ccc2o1. The number of hydrogen-bond donors (Lipinski definition) is 1. The van der Waals surface area contributed by atoms with E-state index in [0.717, 1.165) is 18.2 Å². The molecule has 0 unspecified atom stereocenters. The van der Waals surface area contributed by atoms with E-state index in [9.17, 15) is 22.8 Å². The number of amides is 1. The van der Waals surface area contributed by atoms with Crippen molar-refractivity contribution < 1.29 is 22.4 Å². The van der Waals surface area contributed by atoms with Gasteiger partial charge in [-0.3, -0.25) is 9.59 Å². The number of hydrogen-bond acceptors (Lipinski definition) is 3. The highest BCUT2D eigenvalue weighted by Crippen LogP contribution is 2.34. The van der Waals surface area contributed by atoms with Gasteiger partial charge in [-0.1, -0.05) is 23.2 Å². The van der Waals surface area contributed by atoms with Gasteiger partial charge in [-0.05, 0) is 36.4 Å². The first-order valence-electron chi connectivity index (χ1n) is 7.06. The largest absolute Gasteiger partial charge is 0.451 e. The Hall–Kier alpha value is -2.51. The molecule has 0 fully saturated rings. The predicted molar refractivity (Wildman–Crippen MR) is 91.9 cm³/mol. The number of rotatable bonds is 2. The Morgan fingerprint density at radius 1 is 1.04 bits per heavy atom. The minimum absolute atomic E-state index is 0.0960. The van der Waals surface area contributed by atoms with Crippen LogP contribution in [-0.4, -0.2) is 5.91 Å². The zero-order valence-electron chi connectivity index (χ0n) is 12.7. The maximum absolute atomic E-state index is 12.8. The fourth-order valence-corrected chi connectivity index (χ4v) is 2.56. The van der Waals surface area contributed by atoms with Crippen molar-refractivity contribution in [1.82, 2.24) is 0 Å². The number of benzene rings is 2. The molecule has 2 aromatic carbocycles. The predicted octanol–water partition coefficient (Wildman–Crippen LogP) is 5.37. The third kappa shape index (κ3) is 3.68. The van der Waals surface area contributed by atoms with E-state index in [0.29, 0.717) is 11.1 Å². The number of nitrogens with one attached hydrogen (secondary N) is 1. The topological polar surface area (TPSA) is 59.3 Å². The molecule has 0 spiro atoms. The van der Waals surface area contributed by atoms with Crippen molar-refractivity contribution >= 4 is 45.8 Å². The van der Waals surface area contributed by atoms with Crippen LogP contribution in [0.15, 0.2) is 51.7 Å². The van der Waals surface area contributed by atoms with Gasteiger partial charge in [-0.2, -0.15) is 13.2 Å². The first-order valence-corrected chi connectivity index (χ1v) is 7.82. The standard InChI is InChI=1S/C17H8Cl2F3NO3/c18-9-2-4-14-10(6-9)13(24)7-15(26-14)16(25)23-12-5-8(17(20,21)22)1-3-11(12)19/h1-7H,(H,23,25). The van der Waals surface area contributed by atoms with Crippen molar-refractivity contribution in [2.75, 3.05) is 5.32 Å². The molecular weight excluding hydrogens is 394 g/mol. The summed E-state index contributed by atoms with van der Waals surface area (Å²) in [5, 5.41) is 2.61. The molecule has 9 heteroatoms. The van der Waals surface area contributed by atoms with Crippen LogP contribution in [0.1, 0.15) is 16.1 Å². The second-order valence-corrected chi connectivity index (χ2v) is 6.11. The molecule has 26 heavy (non-hydrogen) atoms. The number of fused-ring (bicyclic) bond motifs is 1. The maximum atomic E-state index is 12.8. The number of halogens is 5. The molecule has 0 saturated heterocycles. The number of anilines is 1. The molecule has 134 valence electrons. The van der Waals surface area contributed by atoms with Gasteiger partial charge in [0.1, 0.15) is 5.58 Å². The van der Waals surface area contributed by atoms with Crippen molar-refractivity contribution in [3.63, 3.8) is 0 Å². The van der Waals surface area contributed by atoms with Gasteiger partial charge < -0.3 is 9.73 Å². The van der Waals surface area contributed by atoms with Crippen molar-refractivity contribution in [3.05, 3.63) is 74.1 Å². The quantitative estimate of drug-likeness (QED) is 0.627. The number of alkyl halides is 3. The molecule has 0 saturated carbocycles. The first-order chi connectivity index (χ1) is 12.1. The molecule has 1 N–H and O–H groups in total. The van der Waals surface area contributed by atoms with Crippen molar-refractivity contribution in [2.24, 2.45) is 0 Å². The maximum Gasteiger partial charge on any atom is 0.416 e. The van der Waals surface area contributed by atoms with Gasteiger partial charge in [0, 0.05) is 11.1 Å². The van der Waals surface area contributed by atoms with Gasteiger partial charge in [-0.15, -0.1) is 0 Å². The average molecular weight is 402 g/mol. The van der Waals surface area contributed by atoms with E-state index in [1.807, 2.05) is 0 Å². The Balaban J connectivity index is 1.97. The lowest BCUT2D eigenvalue weighted by Crippen LogP contribution is -2.16. The minimum atomic E-state index is -4.60. The molecule has 0 radical (unpaired) electrons. The number of carbonyl (C=O) groups excluding carboxylic acids is 1. The Bertz CT molecular complexity index is 1080. The molecule has 4 nitrogen and oxygen atoms in total. The molecule has 0 aliphatic carbocycles. The lowest BCUT2D eigenvalue weighted by molar-refractivity contribution is -0.137. The minimum Gasteiger partial charge on any atom is -0.451 e. The third-order valence-electron chi connectivity index (χ3n) is 3.45. The summed E-state index contributed by atoms with van der Waals surface area (Å²) >= 11 is 11.6. The molecular formula is C17H8Cl2F3NO3. The first kappa shape index (κ1) is 18.3. The van der Waals surface area contributed by atoms with Crippen molar-refractivity contribution in [1.29, 1.82) is 0 Å². The van der Waals surface area contributed by atoms with Gasteiger partial charge in [-0.25, -0.2) is 0 Å². The molecule has 1 heterocycles. The van der Waals surface area contributed by atoms with E-state index in [2.05, 4.69) is 5.32 Å². The second kappa shape index (κ2) is 6.66. The zero-order valence-corrected chi connectivity index (χ0v) is 14.2. The van der Waals surface area contributed by atoms with E-state index in [4.69, 9.17) is 27.6 Å². The lowest BCUT2D eigenvalue weighted by atomic mass is 10.2. The highest BCUT2D eigenvalue weighted by Gasteiger charge is 2.31. The van der Waals surface area contributed by atoms with Crippen LogP contribution >= 0.6 is 23.2 Å². The highest BCUT2D eigenvalue weighted by molar-refractivity contribution is 6.34. The summed E-state index contributed by atoms with van der Waals surface area (Å²) in [4.78, 5) is 24.4.